The summed E-state index contributed by atoms with van der Waals surface area (Å²) in [5.74, 6) is 0. The highest BCUT2D eigenvalue weighted by Gasteiger charge is 2.14. The summed E-state index contributed by atoms with van der Waals surface area (Å²) in [4.78, 5) is 2.33. The van der Waals surface area contributed by atoms with Gasteiger partial charge in [-0.3, -0.25) is 0 Å². The van der Waals surface area contributed by atoms with Crippen LogP contribution in [0.2, 0.25) is 0 Å². The molecule has 244 valence electrons. The van der Waals surface area contributed by atoms with E-state index >= 15 is 0 Å². The minimum Gasteiger partial charge on any atom is -0.456 e. The second-order valence-electron chi connectivity index (χ2n) is 13.4. The van der Waals surface area contributed by atoms with Gasteiger partial charge in [-0.1, -0.05) is 133 Å². The summed E-state index contributed by atoms with van der Waals surface area (Å²) in [6.07, 6.45) is 0. The van der Waals surface area contributed by atoms with Crippen molar-refractivity contribution in [3.63, 3.8) is 0 Å². The molecule has 0 bridgehead atoms. The van der Waals surface area contributed by atoms with Gasteiger partial charge in [0.25, 0.3) is 0 Å². The molecule has 0 spiro atoms. The lowest BCUT2D eigenvalue weighted by Gasteiger charge is -2.26. The molecular formula is C50H33NO. The SMILES string of the molecule is c1ccc(N(c2ccc(-c3ccc4oc5ccccc5c4c3)cc2)c2ccc3cc(-c4ccc(-c5ccc6ccccc6c5)cc4)ccc3c2)cc1. The summed E-state index contributed by atoms with van der Waals surface area (Å²) in [5, 5.41) is 7.22. The van der Waals surface area contributed by atoms with E-state index in [-0.39, 0.29) is 0 Å². The van der Waals surface area contributed by atoms with Gasteiger partial charge in [0.1, 0.15) is 11.2 Å². The molecule has 0 unspecified atom stereocenters. The molecule has 10 aromatic rings. The Hall–Kier alpha value is -6.90. The summed E-state index contributed by atoms with van der Waals surface area (Å²) in [7, 11) is 0. The lowest BCUT2D eigenvalue weighted by atomic mass is 9.97. The van der Waals surface area contributed by atoms with Gasteiger partial charge in [-0.25, -0.2) is 0 Å². The molecule has 52 heavy (non-hydrogen) atoms. The van der Waals surface area contributed by atoms with Crippen molar-refractivity contribution < 1.29 is 4.42 Å². The second-order valence-corrected chi connectivity index (χ2v) is 13.4. The van der Waals surface area contributed by atoms with Gasteiger partial charge in [-0.15, -0.1) is 0 Å². The van der Waals surface area contributed by atoms with Gasteiger partial charge in [0.15, 0.2) is 0 Å². The first-order valence-corrected chi connectivity index (χ1v) is 17.7. The first kappa shape index (κ1) is 30.0. The van der Waals surface area contributed by atoms with Crippen LogP contribution in [0.1, 0.15) is 0 Å². The largest absolute Gasteiger partial charge is 0.456 e. The molecule has 0 N–H and O–H groups in total. The van der Waals surface area contributed by atoms with Gasteiger partial charge in [-0.2, -0.15) is 0 Å². The molecule has 0 atom stereocenters. The molecule has 2 nitrogen and oxygen atoms in total. The lowest BCUT2D eigenvalue weighted by Crippen LogP contribution is -2.09. The van der Waals surface area contributed by atoms with Crippen LogP contribution in [0.5, 0.6) is 0 Å². The highest BCUT2D eigenvalue weighted by molar-refractivity contribution is 6.06. The van der Waals surface area contributed by atoms with Crippen molar-refractivity contribution in [3.8, 4) is 33.4 Å². The van der Waals surface area contributed by atoms with Gasteiger partial charge in [0.2, 0.25) is 0 Å². The Balaban J connectivity index is 0.956. The average molecular weight is 664 g/mol. The first-order chi connectivity index (χ1) is 25.7. The van der Waals surface area contributed by atoms with E-state index in [1.54, 1.807) is 0 Å². The van der Waals surface area contributed by atoms with Gasteiger partial charge >= 0.3 is 0 Å². The third-order valence-electron chi connectivity index (χ3n) is 10.2. The van der Waals surface area contributed by atoms with E-state index in [0.717, 1.165) is 39.0 Å². The molecule has 1 aromatic heterocycles. The number of fused-ring (bicyclic) bond motifs is 5. The van der Waals surface area contributed by atoms with Crippen molar-refractivity contribution in [2.75, 3.05) is 4.90 Å². The summed E-state index contributed by atoms with van der Waals surface area (Å²) in [6.45, 7) is 0. The maximum absolute atomic E-state index is 6.07. The van der Waals surface area contributed by atoms with Crippen LogP contribution in [0.4, 0.5) is 17.1 Å². The minimum atomic E-state index is 0.912. The van der Waals surface area contributed by atoms with Crippen LogP contribution < -0.4 is 4.90 Å². The van der Waals surface area contributed by atoms with Crippen molar-refractivity contribution >= 4 is 60.5 Å². The van der Waals surface area contributed by atoms with Gasteiger partial charge < -0.3 is 9.32 Å². The van der Waals surface area contributed by atoms with E-state index in [1.165, 1.54) is 54.9 Å². The smallest absolute Gasteiger partial charge is 0.135 e. The number of hydrogen-bond donors (Lipinski definition) is 0. The van der Waals surface area contributed by atoms with Crippen LogP contribution in [0.25, 0.3) is 76.9 Å². The van der Waals surface area contributed by atoms with E-state index in [1.807, 2.05) is 12.1 Å². The molecule has 0 saturated carbocycles. The Morgan fingerprint density at radius 2 is 0.731 bits per heavy atom. The molecule has 0 aliphatic rings. The molecule has 0 radical (unpaired) electrons. The number of furan rings is 1. The fourth-order valence-corrected chi connectivity index (χ4v) is 7.51. The van der Waals surface area contributed by atoms with Gasteiger partial charge in [0.05, 0.1) is 0 Å². The van der Waals surface area contributed by atoms with Crippen molar-refractivity contribution in [2.24, 2.45) is 0 Å². The number of hydrogen-bond acceptors (Lipinski definition) is 2. The molecule has 0 aliphatic carbocycles. The maximum Gasteiger partial charge on any atom is 0.135 e. The molecule has 0 aliphatic heterocycles. The molecule has 9 aromatic carbocycles. The zero-order valence-electron chi connectivity index (χ0n) is 28.4. The molecule has 0 amide bonds. The van der Waals surface area contributed by atoms with Crippen LogP contribution in [0, 0.1) is 0 Å². The summed E-state index contributed by atoms with van der Waals surface area (Å²) in [6, 6.07) is 71.8. The van der Waals surface area contributed by atoms with Crippen molar-refractivity contribution in [2.45, 2.75) is 0 Å². The Morgan fingerprint density at radius 3 is 1.48 bits per heavy atom. The zero-order valence-corrected chi connectivity index (χ0v) is 28.4. The molecule has 0 fully saturated rings. The van der Waals surface area contributed by atoms with E-state index in [9.17, 15) is 0 Å². The summed E-state index contributed by atoms with van der Waals surface area (Å²) < 4.78 is 6.07. The fraction of sp³-hybridized carbons (Fsp3) is 0. The highest BCUT2D eigenvalue weighted by atomic mass is 16.3. The predicted octanol–water partition coefficient (Wildman–Crippen LogP) is 14.4. The minimum absolute atomic E-state index is 0.912. The average Bonchev–Trinajstić information content (AvgIpc) is 3.59. The zero-order chi connectivity index (χ0) is 34.4. The Labute approximate surface area is 302 Å². The second kappa shape index (κ2) is 12.5. The van der Waals surface area contributed by atoms with E-state index in [0.29, 0.717) is 0 Å². The number of anilines is 3. The summed E-state index contributed by atoms with van der Waals surface area (Å²) >= 11 is 0. The van der Waals surface area contributed by atoms with Crippen LogP contribution in [0.15, 0.2) is 205 Å². The van der Waals surface area contributed by atoms with Crippen LogP contribution in [-0.4, -0.2) is 0 Å². The standard InChI is InChI=1S/C50H33NO/c1-2-10-44(11-3-1)51(45-26-22-37(23-27-45)43-25-29-50-48(33-43)47-12-6-7-13-49(47)52-50)46-28-24-41-31-40(20-21-42(41)32-46)36-16-14-35(15-17-36)39-19-18-34-8-4-5-9-38(34)30-39/h1-33H. The number of benzene rings is 9. The maximum atomic E-state index is 6.07. The van der Waals surface area contributed by atoms with Crippen LogP contribution in [0.3, 0.4) is 0 Å². The monoisotopic (exact) mass is 663 g/mol. The molecule has 2 heteroatoms. The fourth-order valence-electron chi connectivity index (χ4n) is 7.51. The van der Waals surface area contributed by atoms with Gasteiger partial charge in [-0.05, 0) is 122 Å². The number of nitrogens with zero attached hydrogens (tertiary/aromatic N) is 1. The lowest BCUT2D eigenvalue weighted by molar-refractivity contribution is 0.669. The van der Waals surface area contributed by atoms with Crippen molar-refractivity contribution in [1.29, 1.82) is 0 Å². The Morgan fingerprint density at radius 1 is 0.269 bits per heavy atom. The number of para-hydroxylation sites is 2. The highest BCUT2D eigenvalue weighted by Crippen LogP contribution is 2.39. The predicted molar refractivity (Wildman–Crippen MR) is 220 cm³/mol. The Kier molecular flexibility index (Phi) is 7.18. The van der Waals surface area contributed by atoms with Crippen molar-refractivity contribution in [3.05, 3.63) is 200 Å². The van der Waals surface area contributed by atoms with E-state index in [2.05, 4.69) is 193 Å². The molecule has 0 saturated heterocycles. The quantitative estimate of drug-likeness (QED) is 0.176. The summed E-state index contributed by atoms with van der Waals surface area (Å²) in [5.41, 5.74) is 12.4. The first-order valence-electron chi connectivity index (χ1n) is 17.7. The third kappa shape index (κ3) is 5.39. The topological polar surface area (TPSA) is 16.4 Å². The number of rotatable bonds is 6. The van der Waals surface area contributed by atoms with E-state index in [4.69, 9.17) is 4.42 Å². The molecular weight excluding hydrogens is 631 g/mol. The molecule has 1 heterocycles. The van der Waals surface area contributed by atoms with Gasteiger partial charge in [0, 0.05) is 27.8 Å². The van der Waals surface area contributed by atoms with Crippen LogP contribution >= 0.6 is 0 Å². The molecule has 10 rings (SSSR count). The van der Waals surface area contributed by atoms with E-state index < -0.39 is 0 Å². The van der Waals surface area contributed by atoms with Crippen LogP contribution in [-0.2, 0) is 0 Å². The Bertz CT molecular complexity index is 2890. The third-order valence-corrected chi connectivity index (χ3v) is 10.2. The van der Waals surface area contributed by atoms with Crippen molar-refractivity contribution in [1.82, 2.24) is 0 Å². The normalized spacial score (nSPS) is 11.5.